The molecule has 0 radical (unpaired) electrons. The summed E-state index contributed by atoms with van der Waals surface area (Å²) >= 11 is 0. The zero-order chi connectivity index (χ0) is 11.2. The molecule has 82 valence electrons. The Hall–Kier alpha value is -2.07. The Morgan fingerprint density at radius 1 is 1.06 bits per heavy atom. The second-order valence-corrected chi connectivity index (χ2v) is 3.34. The fourth-order valence-corrected chi connectivity index (χ4v) is 1.39. The lowest BCUT2D eigenvalue weighted by atomic mass is 10.2. The predicted molar refractivity (Wildman–Crippen MR) is 64.8 cm³/mol. The molecule has 4 nitrogen and oxygen atoms in total. The normalized spacial score (nSPS) is 13.0. The van der Waals surface area contributed by atoms with Crippen LogP contribution in [-0.2, 0) is 0 Å². The highest BCUT2D eigenvalue weighted by atomic mass is 16.1. The lowest BCUT2D eigenvalue weighted by molar-refractivity contribution is 0.727. The Balaban J connectivity index is 0.000000162. The van der Waals surface area contributed by atoms with E-state index in [1.54, 1.807) is 0 Å². The minimum atomic E-state index is -0.0521. The molecule has 0 bridgehead atoms. The van der Waals surface area contributed by atoms with Crippen LogP contribution in [0, 0.1) is 0 Å². The zero-order valence-electron chi connectivity index (χ0n) is 8.73. The maximum Gasteiger partial charge on any atom is 0.248 e. The third-order valence-corrected chi connectivity index (χ3v) is 2.16. The Bertz CT molecular complexity index is 539. The van der Waals surface area contributed by atoms with E-state index in [1.165, 1.54) is 6.07 Å². The zero-order valence-corrected chi connectivity index (χ0v) is 8.73. The van der Waals surface area contributed by atoms with Crippen molar-refractivity contribution in [2.24, 2.45) is 0 Å². The lowest BCUT2D eigenvalue weighted by Crippen LogP contribution is -2.19. The summed E-state index contributed by atoms with van der Waals surface area (Å²) in [5, 5.41) is 1.06. The van der Waals surface area contributed by atoms with E-state index in [9.17, 15) is 4.79 Å². The van der Waals surface area contributed by atoms with E-state index in [1.807, 2.05) is 42.6 Å². The summed E-state index contributed by atoms with van der Waals surface area (Å²) in [5.74, 6) is 0. The van der Waals surface area contributed by atoms with Gasteiger partial charge in [0.2, 0.25) is 5.56 Å². The smallest absolute Gasteiger partial charge is 0.248 e. The number of fused-ring (bicyclic) bond motifs is 1. The molecule has 1 aromatic carbocycles. The minimum Gasteiger partial charge on any atom is -0.329 e. The van der Waals surface area contributed by atoms with E-state index in [4.69, 9.17) is 0 Å². The SMILES string of the molecule is C1=CNNC1.O=c1ccc2ccccc2[nH]1. The molecule has 0 spiro atoms. The summed E-state index contributed by atoms with van der Waals surface area (Å²) in [6.45, 7) is 0.958. The monoisotopic (exact) mass is 215 g/mol. The Labute approximate surface area is 93.0 Å². The van der Waals surface area contributed by atoms with Gasteiger partial charge in [0.1, 0.15) is 0 Å². The molecular formula is C12H13N3O. The Kier molecular flexibility index (Phi) is 3.35. The second kappa shape index (κ2) is 5.14. The van der Waals surface area contributed by atoms with Crippen molar-refractivity contribution in [3.05, 3.63) is 59.0 Å². The quantitative estimate of drug-likeness (QED) is 0.617. The van der Waals surface area contributed by atoms with E-state index in [0.717, 1.165) is 17.4 Å². The van der Waals surface area contributed by atoms with Crippen LogP contribution in [-0.4, -0.2) is 11.5 Å². The highest BCUT2D eigenvalue weighted by Gasteiger charge is 1.89. The molecule has 0 aliphatic carbocycles. The number of hydrogen-bond acceptors (Lipinski definition) is 3. The van der Waals surface area contributed by atoms with Crippen molar-refractivity contribution in [1.29, 1.82) is 0 Å². The standard InChI is InChI=1S/C9H7NO.C3H6N2/c11-9-6-5-7-3-1-2-4-8(7)10-9;1-2-4-5-3-1/h1-6H,(H,10,11);1-2,4-5H,3H2. The van der Waals surface area contributed by atoms with Crippen molar-refractivity contribution in [1.82, 2.24) is 15.8 Å². The van der Waals surface area contributed by atoms with Crippen LogP contribution in [0.1, 0.15) is 0 Å². The molecule has 1 aromatic heterocycles. The molecule has 2 heterocycles. The van der Waals surface area contributed by atoms with E-state index >= 15 is 0 Å². The van der Waals surface area contributed by atoms with Gasteiger partial charge in [-0.2, -0.15) is 0 Å². The summed E-state index contributed by atoms with van der Waals surface area (Å²) < 4.78 is 0. The van der Waals surface area contributed by atoms with Crippen molar-refractivity contribution in [3.63, 3.8) is 0 Å². The molecule has 0 amide bonds. The maximum absolute atomic E-state index is 10.8. The maximum atomic E-state index is 10.8. The third-order valence-electron chi connectivity index (χ3n) is 2.16. The van der Waals surface area contributed by atoms with Gasteiger partial charge in [-0.25, -0.2) is 5.43 Å². The van der Waals surface area contributed by atoms with Crippen LogP contribution in [0.3, 0.4) is 0 Å². The predicted octanol–water partition coefficient (Wildman–Crippen LogP) is 1.14. The van der Waals surface area contributed by atoms with Gasteiger partial charge in [0, 0.05) is 24.3 Å². The van der Waals surface area contributed by atoms with E-state index in [-0.39, 0.29) is 5.56 Å². The highest BCUT2D eigenvalue weighted by Crippen LogP contribution is 2.06. The molecule has 0 unspecified atom stereocenters. The largest absolute Gasteiger partial charge is 0.329 e. The number of rotatable bonds is 0. The van der Waals surface area contributed by atoms with Gasteiger partial charge in [-0.1, -0.05) is 24.3 Å². The molecule has 0 atom stereocenters. The van der Waals surface area contributed by atoms with Gasteiger partial charge in [0.05, 0.1) is 0 Å². The topological polar surface area (TPSA) is 56.9 Å². The second-order valence-electron chi connectivity index (χ2n) is 3.34. The van der Waals surface area contributed by atoms with Crippen LogP contribution in [0.2, 0.25) is 0 Å². The summed E-state index contributed by atoms with van der Waals surface area (Å²) in [4.78, 5) is 13.6. The van der Waals surface area contributed by atoms with Gasteiger partial charge >= 0.3 is 0 Å². The first-order chi connectivity index (χ1) is 7.86. The first-order valence-electron chi connectivity index (χ1n) is 5.08. The van der Waals surface area contributed by atoms with Gasteiger partial charge < -0.3 is 10.4 Å². The van der Waals surface area contributed by atoms with Gasteiger partial charge in [0.25, 0.3) is 0 Å². The molecule has 3 N–H and O–H groups in total. The molecule has 0 saturated carbocycles. The molecular weight excluding hydrogens is 202 g/mol. The van der Waals surface area contributed by atoms with Crippen LogP contribution in [0.5, 0.6) is 0 Å². The number of pyridine rings is 1. The first-order valence-corrected chi connectivity index (χ1v) is 5.08. The van der Waals surface area contributed by atoms with Crippen LogP contribution < -0.4 is 16.4 Å². The summed E-state index contributed by atoms with van der Waals surface area (Å²) in [5.41, 5.74) is 6.49. The fourth-order valence-electron chi connectivity index (χ4n) is 1.39. The third kappa shape index (κ3) is 2.71. The van der Waals surface area contributed by atoms with Crippen LogP contribution in [0.15, 0.2) is 53.5 Å². The number of hydrazine groups is 1. The van der Waals surface area contributed by atoms with Gasteiger partial charge in [-0.15, -0.1) is 0 Å². The molecule has 16 heavy (non-hydrogen) atoms. The highest BCUT2D eigenvalue weighted by molar-refractivity contribution is 5.77. The van der Waals surface area contributed by atoms with Crippen LogP contribution in [0.4, 0.5) is 0 Å². The molecule has 0 fully saturated rings. The summed E-state index contributed by atoms with van der Waals surface area (Å²) in [6.07, 6.45) is 3.89. The van der Waals surface area contributed by atoms with Gasteiger partial charge in [-0.05, 0) is 17.5 Å². The van der Waals surface area contributed by atoms with E-state index < -0.39 is 0 Å². The fraction of sp³-hybridized carbons (Fsp3) is 0.0833. The molecule has 2 aromatic rings. The summed E-state index contributed by atoms with van der Waals surface area (Å²) in [7, 11) is 0. The molecule has 3 rings (SSSR count). The number of aromatic amines is 1. The van der Waals surface area contributed by atoms with Crippen molar-refractivity contribution in [2.45, 2.75) is 0 Å². The average Bonchev–Trinajstić information content (AvgIpc) is 2.87. The molecule has 0 saturated heterocycles. The van der Waals surface area contributed by atoms with Crippen molar-refractivity contribution < 1.29 is 0 Å². The van der Waals surface area contributed by atoms with Gasteiger partial charge in [0.15, 0.2) is 0 Å². The molecule has 1 aliphatic heterocycles. The van der Waals surface area contributed by atoms with Crippen molar-refractivity contribution in [2.75, 3.05) is 6.54 Å². The number of aromatic nitrogens is 1. The number of nitrogens with one attached hydrogen (secondary N) is 3. The Morgan fingerprint density at radius 2 is 1.94 bits per heavy atom. The van der Waals surface area contributed by atoms with E-state index in [2.05, 4.69) is 15.8 Å². The molecule has 1 aliphatic rings. The van der Waals surface area contributed by atoms with Crippen molar-refractivity contribution in [3.8, 4) is 0 Å². The number of para-hydroxylation sites is 1. The first kappa shape index (κ1) is 10.4. The lowest BCUT2D eigenvalue weighted by Gasteiger charge is -1.93. The van der Waals surface area contributed by atoms with Gasteiger partial charge in [-0.3, -0.25) is 4.79 Å². The summed E-state index contributed by atoms with van der Waals surface area (Å²) in [6, 6.07) is 11.0. The molecule has 4 heteroatoms. The number of H-pyrrole nitrogens is 1. The van der Waals surface area contributed by atoms with Crippen LogP contribution >= 0.6 is 0 Å². The number of benzene rings is 1. The van der Waals surface area contributed by atoms with Crippen molar-refractivity contribution >= 4 is 10.9 Å². The Morgan fingerprint density at radius 3 is 2.62 bits per heavy atom. The van der Waals surface area contributed by atoms with E-state index in [0.29, 0.717) is 0 Å². The van der Waals surface area contributed by atoms with Crippen LogP contribution in [0.25, 0.3) is 10.9 Å². The average molecular weight is 215 g/mol. The number of hydrogen-bond donors (Lipinski definition) is 3. The minimum absolute atomic E-state index is 0.0521.